The van der Waals surface area contributed by atoms with Crippen LogP contribution >= 0.6 is 22.7 Å². The molecule has 0 bridgehead atoms. The first kappa shape index (κ1) is 7.94. The molecule has 68 valence electrons. The molecule has 0 amide bonds. The highest BCUT2D eigenvalue weighted by atomic mass is 32.2. The maximum Gasteiger partial charge on any atom is 0.193 e. The van der Waals surface area contributed by atoms with Crippen LogP contribution in [0.5, 0.6) is 0 Å². The first-order valence-electron chi connectivity index (χ1n) is 4.13. The first-order valence-corrected chi connectivity index (χ1v) is 5.83. The zero-order valence-corrected chi connectivity index (χ0v) is 8.49. The second-order valence-corrected chi connectivity index (χ2v) is 5.14. The highest BCUT2D eigenvalue weighted by molar-refractivity contribution is 7.37. The molecular formula is C9H8O2S2. The molecule has 1 fully saturated rings. The van der Waals surface area contributed by atoms with Crippen LogP contribution in [-0.2, 0) is 9.47 Å². The van der Waals surface area contributed by atoms with Crippen LogP contribution in [0.4, 0.5) is 0 Å². The van der Waals surface area contributed by atoms with Crippen molar-refractivity contribution < 1.29 is 9.47 Å². The van der Waals surface area contributed by atoms with E-state index in [-0.39, 0.29) is 6.29 Å². The molecule has 0 aliphatic carbocycles. The standard InChI is InChI=1S/C9H8O2S2/c1-4-12-9-6(1)5-7(13-9)8-10-2-3-11-8/h1,4-5,8H,2-3H2. The van der Waals surface area contributed by atoms with Gasteiger partial charge in [0.15, 0.2) is 6.29 Å². The molecule has 1 aliphatic heterocycles. The van der Waals surface area contributed by atoms with E-state index in [9.17, 15) is 0 Å². The Morgan fingerprint density at radius 2 is 2.15 bits per heavy atom. The quantitative estimate of drug-likeness (QED) is 0.723. The summed E-state index contributed by atoms with van der Waals surface area (Å²) >= 11 is 3.54. The largest absolute Gasteiger partial charge is 0.345 e. The van der Waals surface area contributed by atoms with Crippen molar-refractivity contribution in [1.29, 1.82) is 0 Å². The average Bonchev–Trinajstić information content (AvgIpc) is 2.78. The Morgan fingerprint density at radius 1 is 1.31 bits per heavy atom. The van der Waals surface area contributed by atoms with Crippen LogP contribution in [0.1, 0.15) is 11.2 Å². The van der Waals surface area contributed by atoms with Crippen LogP contribution in [0.2, 0.25) is 0 Å². The van der Waals surface area contributed by atoms with Gasteiger partial charge in [-0.1, -0.05) is 0 Å². The Labute approximate surface area is 83.7 Å². The molecule has 4 heteroatoms. The second kappa shape index (κ2) is 3.06. The van der Waals surface area contributed by atoms with E-state index < -0.39 is 0 Å². The van der Waals surface area contributed by atoms with E-state index in [0.717, 1.165) is 13.2 Å². The van der Waals surface area contributed by atoms with Crippen molar-refractivity contribution in [2.45, 2.75) is 6.29 Å². The summed E-state index contributed by atoms with van der Waals surface area (Å²) in [5.74, 6) is 0. The van der Waals surface area contributed by atoms with Gasteiger partial charge in [0.05, 0.1) is 22.1 Å². The van der Waals surface area contributed by atoms with Gasteiger partial charge >= 0.3 is 0 Å². The van der Waals surface area contributed by atoms with Gasteiger partial charge in [-0.15, -0.1) is 22.7 Å². The van der Waals surface area contributed by atoms with Gasteiger partial charge in [-0.2, -0.15) is 0 Å². The molecule has 1 saturated heterocycles. The third kappa shape index (κ3) is 1.30. The molecule has 0 N–H and O–H groups in total. The Bertz CT molecular complexity index is 383. The van der Waals surface area contributed by atoms with Crippen LogP contribution in [0.15, 0.2) is 17.5 Å². The van der Waals surface area contributed by atoms with Gasteiger partial charge in [0.2, 0.25) is 0 Å². The van der Waals surface area contributed by atoms with E-state index >= 15 is 0 Å². The lowest BCUT2D eigenvalue weighted by molar-refractivity contribution is -0.0412. The molecule has 3 rings (SSSR count). The molecule has 2 aromatic heterocycles. The van der Waals surface area contributed by atoms with Gasteiger partial charge in [0.1, 0.15) is 0 Å². The van der Waals surface area contributed by atoms with Crippen LogP contribution in [-0.4, -0.2) is 13.2 Å². The summed E-state index contributed by atoms with van der Waals surface area (Å²) in [5, 5.41) is 3.42. The maximum atomic E-state index is 5.43. The van der Waals surface area contributed by atoms with E-state index in [0.29, 0.717) is 0 Å². The summed E-state index contributed by atoms with van der Waals surface area (Å²) in [4.78, 5) is 1.19. The molecule has 3 heterocycles. The minimum Gasteiger partial charge on any atom is -0.345 e. The number of ether oxygens (including phenoxy) is 2. The third-order valence-corrected chi connectivity index (χ3v) is 4.25. The van der Waals surface area contributed by atoms with Crippen molar-refractivity contribution in [2.24, 2.45) is 0 Å². The predicted molar refractivity (Wildman–Crippen MR) is 54.3 cm³/mol. The lowest BCUT2D eigenvalue weighted by Gasteiger charge is -2.03. The lowest BCUT2D eigenvalue weighted by atomic mass is 10.3. The normalized spacial score (nSPS) is 18.8. The van der Waals surface area contributed by atoms with Gasteiger partial charge in [-0.25, -0.2) is 0 Å². The third-order valence-electron chi connectivity index (χ3n) is 2.02. The molecule has 1 aliphatic rings. The highest BCUT2D eigenvalue weighted by Crippen LogP contribution is 2.36. The predicted octanol–water partition coefficient (Wildman–Crippen LogP) is 3.01. The molecule has 0 saturated carbocycles. The number of rotatable bonds is 1. The number of hydrogen-bond donors (Lipinski definition) is 0. The molecule has 0 unspecified atom stereocenters. The summed E-state index contributed by atoms with van der Waals surface area (Å²) in [7, 11) is 0. The minimum absolute atomic E-state index is 0.107. The number of fused-ring (bicyclic) bond motifs is 1. The Kier molecular flexibility index (Phi) is 1.87. The molecule has 2 nitrogen and oxygen atoms in total. The highest BCUT2D eigenvalue weighted by Gasteiger charge is 2.20. The zero-order valence-electron chi connectivity index (χ0n) is 6.86. The summed E-state index contributed by atoms with van der Waals surface area (Å²) in [6, 6.07) is 4.29. The number of hydrogen-bond acceptors (Lipinski definition) is 4. The zero-order chi connectivity index (χ0) is 8.67. The van der Waals surface area contributed by atoms with Gasteiger partial charge in [-0.3, -0.25) is 0 Å². The second-order valence-electron chi connectivity index (χ2n) is 2.89. The smallest absolute Gasteiger partial charge is 0.193 e. The molecule has 0 spiro atoms. The van der Waals surface area contributed by atoms with Crippen LogP contribution in [0.3, 0.4) is 0 Å². The lowest BCUT2D eigenvalue weighted by Crippen LogP contribution is -1.93. The molecule has 0 radical (unpaired) electrons. The van der Waals surface area contributed by atoms with Crippen molar-refractivity contribution in [1.82, 2.24) is 0 Å². The van der Waals surface area contributed by atoms with Crippen LogP contribution < -0.4 is 0 Å². The van der Waals surface area contributed by atoms with E-state index in [1.165, 1.54) is 14.3 Å². The van der Waals surface area contributed by atoms with Crippen molar-refractivity contribution in [3.63, 3.8) is 0 Å². The van der Waals surface area contributed by atoms with Gasteiger partial charge < -0.3 is 9.47 Å². The fourth-order valence-electron chi connectivity index (χ4n) is 1.42. The molecule has 0 atom stereocenters. The molecule has 13 heavy (non-hydrogen) atoms. The van der Waals surface area contributed by atoms with Crippen molar-refractivity contribution >= 4 is 32.1 Å². The summed E-state index contributed by atoms with van der Waals surface area (Å²) in [5.41, 5.74) is 0. The van der Waals surface area contributed by atoms with Crippen molar-refractivity contribution in [2.75, 3.05) is 13.2 Å². The fourth-order valence-corrected chi connectivity index (χ4v) is 3.55. The maximum absolute atomic E-state index is 5.43. The van der Waals surface area contributed by atoms with E-state index in [1.807, 2.05) is 0 Å². The van der Waals surface area contributed by atoms with E-state index in [1.54, 1.807) is 22.7 Å². The van der Waals surface area contributed by atoms with Crippen LogP contribution in [0, 0.1) is 0 Å². The van der Waals surface area contributed by atoms with Gasteiger partial charge in [0, 0.05) is 5.39 Å². The monoisotopic (exact) mass is 212 g/mol. The van der Waals surface area contributed by atoms with Crippen molar-refractivity contribution in [3.05, 3.63) is 22.4 Å². The fraction of sp³-hybridized carbons (Fsp3) is 0.333. The van der Waals surface area contributed by atoms with Crippen LogP contribution in [0.25, 0.3) is 9.40 Å². The first-order chi connectivity index (χ1) is 6.43. The molecular weight excluding hydrogens is 204 g/mol. The van der Waals surface area contributed by atoms with Gasteiger partial charge in [-0.05, 0) is 17.5 Å². The Balaban J connectivity index is 2.02. The van der Waals surface area contributed by atoms with E-state index in [4.69, 9.17) is 9.47 Å². The van der Waals surface area contributed by atoms with E-state index in [2.05, 4.69) is 17.5 Å². The Hall–Kier alpha value is -0.420. The topological polar surface area (TPSA) is 18.5 Å². The van der Waals surface area contributed by atoms with Gasteiger partial charge in [0.25, 0.3) is 0 Å². The summed E-state index contributed by atoms with van der Waals surface area (Å²) in [6.07, 6.45) is -0.107. The van der Waals surface area contributed by atoms with Crippen molar-refractivity contribution in [3.8, 4) is 0 Å². The summed E-state index contributed by atoms with van der Waals surface area (Å²) < 4.78 is 12.2. The molecule has 2 aromatic rings. The Morgan fingerprint density at radius 3 is 2.92 bits per heavy atom. The summed E-state index contributed by atoms with van der Waals surface area (Å²) in [6.45, 7) is 1.44. The average molecular weight is 212 g/mol. The SMILES string of the molecule is c1cc2cc(C3OCCO3)sc2s1. The minimum atomic E-state index is -0.107. The number of thiophene rings is 2. The molecule has 0 aromatic carbocycles.